The summed E-state index contributed by atoms with van der Waals surface area (Å²) in [7, 11) is 1.80. The summed E-state index contributed by atoms with van der Waals surface area (Å²) in [4.78, 5) is 13.7. The molecular weight excluding hydrogens is 300 g/mol. The molecule has 1 aromatic rings. The number of nitrogens with zero attached hydrogens (tertiary/aromatic N) is 1. The molecule has 0 aliphatic rings. The number of rotatable bonds is 5. The molecule has 17 heavy (non-hydrogen) atoms. The van der Waals surface area contributed by atoms with Crippen molar-refractivity contribution in [3.05, 3.63) is 20.8 Å². The van der Waals surface area contributed by atoms with Crippen LogP contribution in [0.3, 0.4) is 0 Å². The molecule has 5 heteroatoms. The maximum atomic E-state index is 12.0. The zero-order chi connectivity index (χ0) is 13.0. The van der Waals surface area contributed by atoms with Crippen LogP contribution in [0.25, 0.3) is 0 Å². The van der Waals surface area contributed by atoms with Gasteiger partial charge in [0.05, 0.1) is 9.83 Å². The molecule has 0 unspecified atom stereocenters. The number of amides is 1. The zero-order valence-corrected chi connectivity index (χ0v) is 12.8. The Labute approximate surface area is 115 Å². The van der Waals surface area contributed by atoms with E-state index in [1.807, 2.05) is 11.4 Å². The third-order valence-electron chi connectivity index (χ3n) is 2.46. The molecule has 0 saturated heterocycles. The minimum atomic E-state index is -0.387. The SMILES string of the molecule is CC(C)C[C@@H](N)C(=O)N(C)Cc1csc(Br)c1. The molecule has 0 aromatic carbocycles. The molecule has 0 bridgehead atoms. The molecular formula is C12H19BrN2OS. The van der Waals surface area contributed by atoms with Gasteiger partial charge >= 0.3 is 0 Å². The second-order valence-corrected chi connectivity index (χ2v) is 6.98. The van der Waals surface area contributed by atoms with Crippen LogP contribution in [0.4, 0.5) is 0 Å². The van der Waals surface area contributed by atoms with E-state index in [1.165, 1.54) is 0 Å². The number of nitrogens with two attached hydrogens (primary N) is 1. The lowest BCUT2D eigenvalue weighted by molar-refractivity contribution is -0.132. The van der Waals surface area contributed by atoms with E-state index in [0.29, 0.717) is 12.5 Å². The van der Waals surface area contributed by atoms with Crippen molar-refractivity contribution in [1.29, 1.82) is 0 Å². The predicted octanol–water partition coefficient (Wildman–Crippen LogP) is 2.84. The number of hydrogen-bond acceptors (Lipinski definition) is 3. The second-order valence-electron chi connectivity index (χ2n) is 4.69. The average molecular weight is 319 g/mol. The normalized spacial score (nSPS) is 12.8. The molecule has 0 radical (unpaired) electrons. The number of halogens is 1. The van der Waals surface area contributed by atoms with Crippen molar-refractivity contribution >= 4 is 33.2 Å². The summed E-state index contributed by atoms with van der Waals surface area (Å²) < 4.78 is 1.08. The first-order valence-electron chi connectivity index (χ1n) is 5.63. The summed E-state index contributed by atoms with van der Waals surface area (Å²) in [5.41, 5.74) is 7.01. The number of thiophene rings is 1. The van der Waals surface area contributed by atoms with Gasteiger partial charge in [0.2, 0.25) is 5.91 Å². The summed E-state index contributed by atoms with van der Waals surface area (Å²) in [5, 5.41) is 2.04. The topological polar surface area (TPSA) is 46.3 Å². The highest BCUT2D eigenvalue weighted by molar-refractivity contribution is 9.11. The van der Waals surface area contributed by atoms with Crippen LogP contribution in [0.15, 0.2) is 15.2 Å². The Morgan fingerprint density at radius 1 is 1.59 bits per heavy atom. The van der Waals surface area contributed by atoms with Crippen molar-refractivity contribution in [3.63, 3.8) is 0 Å². The quantitative estimate of drug-likeness (QED) is 0.907. The van der Waals surface area contributed by atoms with E-state index in [-0.39, 0.29) is 11.9 Å². The van der Waals surface area contributed by atoms with Gasteiger partial charge in [-0.25, -0.2) is 0 Å². The Morgan fingerprint density at radius 2 is 2.24 bits per heavy atom. The van der Waals surface area contributed by atoms with Gasteiger partial charge in [-0.2, -0.15) is 0 Å². The maximum absolute atomic E-state index is 12.0. The molecule has 1 aromatic heterocycles. The highest BCUT2D eigenvalue weighted by Gasteiger charge is 2.19. The Balaban J connectivity index is 2.52. The molecule has 0 fully saturated rings. The van der Waals surface area contributed by atoms with E-state index < -0.39 is 0 Å². The van der Waals surface area contributed by atoms with Crippen LogP contribution in [-0.2, 0) is 11.3 Å². The summed E-state index contributed by atoms with van der Waals surface area (Å²) >= 11 is 5.04. The third kappa shape index (κ3) is 4.77. The van der Waals surface area contributed by atoms with E-state index in [1.54, 1.807) is 23.3 Å². The van der Waals surface area contributed by atoms with E-state index in [0.717, 1.165) is 15.8 Å². The Kier molecular flexibility index (Phi) is 5.62. The first-order valence-corrected chi connectivity index (χ1v) is 7.31. The van der Waals surface area contributed by atoms with Crippen molar-refractivity contribution in [2.45, 2.75) is 32.9 Å². The number of likely N-dealkylation sites (N-methyl/N-ethyl adjacent to an activating group) is 1. The number of hydrogen-bond donors (Lipinski definition) is 1. The van der Waals surface area contributed by atoms with Gasteiger partial charge in [0.25, 0.3) is 0 Å². The fourth-order valence-corrected chi connectivity index (χ4v) is 2.87. The van der Waals surface area contributed by atoms with Crippen LogP contribution in [-0.4, -0.2) is 23.9 Å². The molecule has 0 saturated carbocycles. The van der Waals surface area contributed by atoms with Gasteiger partial charge in [0.15, 0.2) is 0 Å². The third-order valence-corrected chi connectivity index (χ3v) is 4.01. The number of carbonyl (C=O) groups excluding carboxylic acids is 1. The first-order chi connectivity index (χ1) is 7.90. The van der Waals surface area contributed by atoms with Crippen LogP contribution in [0, 0.1) is 5.92 Å². The van der Waals surface area contributed by atoms with Crippen molar-refractivity contribution < 1.29 is 4.79 Å². The van der Waals surface area contributed by atoms with Gasteiger partial charge < -0.3 is 10.6 Å². The minimum Gasteiger partial charge on any atom is -0.340 e. The summed E-state index contributed by atoms with van der Waals surface area (Å²) in [6.45, 7) is 4.76. The van der Waals surface area contributed by atoms with Gasteiger partial charge in [0.1, 0.15) is 0 Å². The Bertz CT molecular complexity index is 378. The Morgan fingerprint density at radius 3 is 2.71 bits per heavy atom. The monoisotopic (exact) mass is 318 g/mol. The van der Waals surface area contributed by atoms with E-state index in [9.17, 15) is 4.79 Å². The molecule has 1 atom stereocenters. The maximum Gasteiger partial charge on any atom is 0.239 e. The molecule has 1 rings (SSSR count). The van der Waals surface area contributed by atoms with Crippen molar-refractivity contribution in [1.82, 2.24) is 4.90 Å². The molecule has 3 nitrogen and oxygen atoms in total. The van der Waals surface area contributed by atoms with Gasteiger partial charge in [-0.15, -0.1) is 11.3 Å². The van der Waals surface area contributed by atoms with Crippen LogP contribution in [0.1, 0.15) is 25.8 Å². The lowest BCUT2D eigenvalue weighted by atomic mass is 10.0. The molecule has 0 spiro atoms. The first kappa shape index (κ1) is 14.7. The lowest BCUT2D eigenvalue weighted by Gasteiger charge is -2.21. The molecule has 0 aliphatic heterocycles. The highest BCUT2D eigenvalue weighted by atomic mass is 79.9. The molecule has 1 heterocycles. The van der Waals surface area contributed by atoms with Crippen LogP contribution in [0.2, 0.25) is 0 Å². The lowest BCUT2D eigenvalue weighted by Crippen LogP contribution is -2.42. The molecule has 2 N–H and O–H groups in total. The van der Waals surface area contributed by atoms with E-state index >= 15 is 0 Å². The van der Waals surface area contributed by atoms with Gasteiger partial charge in [0, 0.05) is 13.6 Å². The van der Waals surface area contributed by atoms with Crippen molar-refractivity contribution in [3.8, 4) is 0 Å². The van der Waals surface area contributed by atoms with Crippen LogP contribution < -0.4 is 5.73 Å². The van der Waals surface area contributed by atoms with E-state index in [2.05, 4.69) is 29.8 Å². The van der Waals surface area contributed by atoms with Gasteiger partial charge in [-0.05, 0) is 45.3 Å². The van der Waals surface area contributed by atoms with Gasteiger partial charge in [-0.3, -0.25) is 4.79 Å². The van der Waals surface area contributed by atoms with Crippen molar-refractivity contribution in [2.24, 2.45) is 11.7 Å². The van der Waals surface area contributed by atoms with Crippen LogP contribution in [0.5, 0.6) is 0 Å². The van der Waals surface area contributed by atoms with Gasteiger partial charge in [-0.1, -0.05) is 13.8 Å². The second kappa shape index (κ2) is 6.52. The molecule has 96 valence electrons. The molecule has 1 amide bonds. The fraction of sp³-hybridized carbons (Fsp3) is 0.583. The standard InChI is InChI=1S/C12H19BrN2OS/c1-8(2)4-10(14)12(16)15(3)6-9-5-11(13)17-7-9/h5,7-8,10H,4,6,14H2,1-3H3/t10-/m1/s1. The summed E-state index contributed by atoms with van der Waals surface area (Å²) in [6, 6.07) is 1.64. The number of carbonyl (C=O) groups is 1. The largest absolute Gasteiger partial charge is 0.340 e. The smallest absolute Gasteiger partial charge is 0.239 e. The highest BCUT2D eigenvalue weighted by Crippen LogP contribution is 2.21. The van der Waals surface area contributed by atoms with Crippen LogP contribution >= 0.6 is 27.3 Å². The fourth-order valence-electron chi connectivity index (χ4n) is 1.67. The predicted molar refractivity (Wildman–Crippen MR) is 75.9 cm³/mol. The van der Waals surface area contributed by atoms with Crippen molar-refractivity contribution in [2.75, 3.05) is 7.05 Å². The van der Waals surface area contributed by atoms with E-state index in [4.69, 9.17) is 5.73 Å². The zero-order valence-electron chi connectivity index (χ0n) is 10.4. The average Bonchev–Trinajstić information content (AvgIpc) is 2.61. The minimum absolute atomic E-state index is 0.0148. The summed E-state index contributed by atoms with van der Waals surface area (Å²) in [5.74, 6) is 0.457. The summed E-state index contributed by atoms with van der Waals surface area (Å²) in [6.07, 6.45) is 0.733. The molecule has 0 aliphatic carbocycles. The Hall–Kier alpha value is -0.390.